The normalized spacial score (nSPS) is 11.4. The van der Waals surface area contributed by atoms with Crippen LogP contribution in [0.4, 0.5) is 20.4 Å². The maximum Gasteiger partial charge on any atom is 0.238 e. The van der Waals surface area contributed by atoms with Crippen molar-refractivity contribution in [2.75, 3.05) is 5.32 Å². The summed E-state index contributed by atoms with van der Waals surface area (Å²) in [6.45, 7) is 0. The highest BCUT2D eigenvalue weighted by Gasteiger charge is 2.29. The molecule has 0 spiro atoms. The van der Waals surface area contributed by atoms with Crippen LogP contribution in [0.25, 0.3) is 11.5 Å². The predicted molar refractivity (Wildman–Crippen MR) is 103 cm³/mol. The number of hydrogen-bond acceptors (Lipinski definition) is 5. The van der Waals surface area contributed by atoms with Crippen LogP contribution in [0.1, 0.15) is 0 Å². The lowest BCUT2D eigenvalue weighted by atomic mass is 10.2. The maximum absolute atomic E-state index is 14.2. The standard InChI is InChI=1S/C21H14F2N2O3S/c22-14-10-12-16(13-11-14)29(26,27)21-20(24-15-6-2-1-3-7-15)28-19(25-21)17-8-4-5-9-18(17)23/h1-13,24H. The molecule has 1 heterocycles. The van der Waals surface area contributed by atoms with Crippen LogP contribution in [-0.2, 0) is 9.84 Å². The van der Waals surface area contributed by atoms with Crippen LogP contribution in [0, 0.1) is 11.6 Å². The molecule has 0 amide bonds. The van der Waals surface area contributed by atoms with Gasteiger partial charge in [-0.1, -0.05) is 30.3 Å². The van der Waals surface area contributed by atoms with E-state index < -0.39 is 26.5 Å². The molecule has 4 aromatic rings. The van der Waals surface area contributed by atoms with Gasteiger partial charge in [-0.05, 0) is 48.5 Å². The fourth-order valence-electron chi connectivity index (χ4n) is 2.70. The van der Waals surface area contributed by atoms with E-state index in [1.54, 1.807) is 36.4 Å². The first kappa shape index (κ1) is 18.8. The lowest BCUT2D eigenvalue weighted by molar-refractivity contribution is 0.572. The third-order valence-corrected chi connectivity index (χ3v) is 5.79. The van der Waals surface area contributed by atoms with Gasteiger partial charge in [-0.15, -0.1) is 0 Å². The lowest BCUT2D eigenvalue weighted by Gasteiger charge is -2.06. The molecule has 1 aromatic heterocycles. The second-order valence-electron chi connectivity index (χ2n) is 6.08. The summed E-state index contributed by atoms with van der Waals surface area (Å²) >= 11 is 0. The summed E-state index contributed by atoms with van der Waals surface area (Å²) in [5, 5.41) is 2.44. The highest BCUT2D eigenvalue weighted by atomic mass is 32.2. The summed E-state index contributed by atoms with van der Waals surface area (Å²) in [4.78, 5) is 3.89. The minimum atomic E-state index is -4.16. The highest BCUT2D eigenvalue weighted by Crippen LogP contribution is 2.34. The zero-order valence-electron chi connectivity index (χ0n) is 14.8. The number of nitrogens with one attached hydrogen (secondary N) is 1. The highest BCUT2D eigenvalue weighted by molar-refractivity contribution is 7.91. The Bertz CT molecular complexity index is 1250. The van der Waals surface area contributed by atoms with E-state index in [-0.39, 0.29) is 22.2 Å². The van der Waals surface area contributed by atoms with E-state index in [0.29, 0.717) is 5.69 Å². The topological polar surface area (TPSA) is 72.2 Å². The van der Waals surface area contributed by atoms with Crippen LogP contribution in [-0.4, -0.2) is 13.4 Å². The molecule has 0 aliphatic rings. The molecule has 0 aliphatic carbocycles. The number of nitrogens with zero attached hydrogens (tertiary/aromatic N) is 1. The van der Waals surface area contributed by atoms with E-state index in [1.165, 1.54) is 18.2 Å². The first-order valence-electron chi connectivity index (χ1n) is 8.53. The molecular weight excluding hydrogens is 398 g/mol. The second kappa shape index (κ2) is 7.48. The van der Waals surface area contributed by atoms with Crippen molar-refractivity contribution < 1.29 is 21.6 Å². The molecular formula is C21H14F2N2O3S. The number of oxazole rings is 1. The molecule has 0 aliphatic heterocycles. The van der Waals surface area contributed by atoms with Crippen LogP contribution >= 0.6 is 0 Å². The van der Waals surface area contributed by atoms with E-state index in [4.69, 9.17) is 4.42 Å². The number of benzene rings is 3. The summed E-state index contributed by atoms with van der Waals surface area (Å²) in [5.41, 5.74) is 0.573. The van der Waals surface area contributed by atoms with Crippen LogP contribution in [0.3, 0.4) is 0 Å². The zero-order chi connectivity index (χ0) is 20.4. The first-order chi connectivity index (χ1) is 13.9. The number of sulfone groups is 1. The van der Waals surface area contributed by atoms with Crippen molar-refractivity contribution in [1.82, 2.24) is 4.98 Å². The van der Waals surface area contributed by atoms with Gasteiger partial charge >= 0.3 is 0 Å². The largest absolute Gasteiger partial charge is 0.419 e. The fraction of sp³-hybridized carbons (Fsp3) is 0. The molecule has 8 heteroatoms. The molecule has 5 nitrogen and oxygen atoms in total. The van der Waals surface area contributed by atoms with E-state index in [0.717, 1.165) is 24.3 Å². The molecule has 0 bridgehead atoms. The molecule has 4 rings (SSSR count). The van der Waals surface area contributed by atoms with Crippen molar-refractivity contribution in [3.05, 3.63) is 90.5 Å². The van der Waals surface area contributed by atoms with Gasteiger partial charge < -0.3 is 9.73 Å². The Labute approximate surface area is 165 Å². The average Bonchev–Trinajstić information content (AvgIpc) is 3.14. The van der Waals surface area contributed by atoms with Crippen LogP contribution in [0.2, 0.25) is 0 Å². The van der Waals surface area contributed by atoms with Gasteiger partial charge in [0, 0.05) is 5.69 Å². The van der Waals surface area contributed by atoms with E-state index in [2.05, 4.69) is 10.3 Å². The second-order valence-corrected chi connectivity index (χ2v) is 7.95. The molecule has 3 aromatic carbocycles. The monoisotopic (exact) mass is 412 g/mol. The summed E-state index contributed by atoms with van der Waals surface area (Å²) < 4.78 is 59.2. The van der Waals surface area contributed by atoms with Gasteiger partial charge in [-0.3, -0.25) is 0 Å². The van der Waals surface area contributed by atoms with Gasteiger partial charge in [0.2, 0.25) is 26.6 Å². The number of para-hydroxylation sites is 1. The van der Waals surface area contributed by atoms with Gasteiger partial charge in [0.1, 0.15) is 11.6 Å². The lowest BCUT2D eigenvalue weighted by Crippen LogP contribution is -2.05. The third-order valence-electron chi connectivity index (χ3n) is 4.11. The van der Waals surface area contributed by atoms with Crippen molar-refractivity contribution in [3.8, 4) is 11.5 Å². The predicted octanol–water partition coefficient (Wildman–Crippen LogP) is 5.20. The SMILES string of the molecule is O=S(=O)(c1ccc(F)cc1)c1nc(-c2ccccc2F)oc1Nc1ccccc1. The Kier molecular flexibility index (Phi) is 4.85. The Hall–Kier alpha value is -3.52. The molecule has 0 atom stereocenters. The Morgan fingerprint density at radius 1 is 0.828 bits per heavy atom. The van der Waals surface area contributed by atoms with Gasteiger partial charge in [-0.2, -0.15) is 4.98 Å². The minimum Gasteiger partial charge on any atom is -0.419 e. The van der Waals surface area contributed by atoms with Gasteiger partial charge in [0.25, 0.3) is 0 Å². The number of rotatable bonds is 5. The Balaban J connectivity index is 1.87. The molecule has 0 unspecified atom stereocenters. The Morgan fingerprint density at radius 2 is 1.48 bits per heavy atom. The molecule has 1 N–H and O–H groups in total. The third kappa shape index (κ3) is 3.74. The van der Waals surface area contributed by atoms with E-state index in [1.807, 2.05) is 0 Å². The first-order valence-corrected chi connectivity index (χ1v) is 10.0. The van der Waals surface area contributed by atoms with E-state index >= 15 is 0 Å². The minimum absolute atomic E-state index is 0.0177. The van der Waals surface area contributed by atoms with Gasteiger partial charge in [-0.25, -0.2) is 17.2 Å². The number of anilines is 2. The van der Waals surface area contributed by atoms with Crippen LogP contribution in [0.5, 0.6) is 0 Å². The van der Waals surface area contributed by atoms with Gasteiger partial charge in [0.05, 0.1) is 10.5 Å². The summed E-state index contributed by atoms with van der Waals surface area (Å²) in [7, 11) is -4.16. The zero-order valence-corrected chi connectivity index (χ0v) is 15.7. The van der Waals surface area contributed by atoms with Crippen LogP contribution < -0.4 is 5.32 Å². The number of halogens is 2. The summed E-state index contributed by atoms with van der Waals surface area (Å²) in [6.07, 6.45) is 0. The summed E-state index contributed by atoms with van der Waals surface area (Å²) in [5.74, 6) is -1.54. The van der Waals surface area contributed by atoms with Crippen molar-refractivity contribution in [3.63, 3.8) is 0 Å². The molecule has 146 valence electrons. The van der Waals surface area contributed by atoms with Crippen LogP contribution in [0.15, 0.2) is 93.2 Å². The molecule has 29 heavy (non-hydrogen) atoms. The number of hydrogen-bond donors (Lipinski definition) is 1. The van der Waals surface area contributed by atoms with Crippen molar-refractivity contribution >= 4 is 21.4 Å². The van der Waals surface area contributed by atoms with Crippen molar-refractivity contribution in [2.45, 2.75) is 9.92 Å². The number of aromatic nitrogens is 1. The van der Waals surface area contributed by atoms with Crippen molar-refractivity contribution in [1.29, 1.82) is 0 Å². The Morgan fingerprint density at radius 3 is 2.17 bits per heavy atom. The maximum atomic E-state index is 14.2. The van der Waals surface area contributed by atoms with Gasteiger partial charge in [0.15, 0.2) is 0 Å². The van der Waals surface area contributed by atoms with E-state index in [9.17, 15) is 17.2 Å². The quantitative estimate of drug-likeness (QED) is 0.457. The fourth-order valence-corrected chi connectivity index (χ4v) is 3.95. The average molecular weight is 412 g/mol. The van der Waals surface area contributed by atoms with Crippen molar-refractivity contribution in [2.24, 2.45) is 0 Å². The molecule has 0 fully saturated rings. The molecule has 0 saturated heterocycles. The molecule has 0 saturated carbocycles. The smallest absolute Gasteiger partial charge is 0.238 e. The molecule has 0 radical (unpaired) electrons. The summed E-state index contributed by atoms with van der Waals surface area (Å²) in [6, 6.07) is 18.8.